The zero-order chi connectivity index (χ0) is 14.8. The average Bonchev–Trinajstić information content (AvgIpc) is 2.31. The molecule has 102 valence electrons. The fourth-order valence-electron chi connectivity index (χ4n) is 1.48. The molecule has 0 fully saturated rings. The van der Waals surface area contributed by atoms with Gasteiger partial charge in [-0.05, 0) is 31.0 Å². The second-order valence-corrected chi connectivity index (χ2v) is 6.09. The van der Waals surface area contributed by atoms with Gasteiger partial charge in [-0.1, -0.05) is 0 Å². The van der Waals surface area contributed by atoms with Gasteiger partial charge in [-0.3, -0.25) is 10.1 Å². The van der Waals surface area contributed by atoms with Gasteiger partial charge in [0.25, 0.3) is 15.7 Å². The van der Waals surface area contributed by atoms with Crippen LogP contribution in [0.3, 0.4) is 0 Å². The Kier molecular flexibility index (Phi) is 4.24. The first-order valence-corrected chi connectivity index (χ1v) is 6.74. The van der Waals surface area contributed by atoms with Crippen LogP contribution >= 0.6 is 0 Å². The van der Waals surface area contributed by atoms with Crippen LogP contribution in [0.25, 0.3) is 0 Å². The lowest BCUT2D eigenvalue weighted by molar-refractivity contribution is -0.387. The largest absolute Gasteiger partial charge is 0.289 e. The molecule has 0 unspecified atom stereocenters. The van der Waals surface area contributed by atoms with Crippen LogP contribution in [0, 0.1) is 35.3 Å². The highest BCUT2D eigenvalue weighted by atomic mass is 32.2. The fourth-order valence-corrected chi connectivity index (χ4v) is 2.76. The molecule has 8 heteroatoms. The van der Waals surface area contributed by atoms with Crippen LogP contribution in [-0.4, -0.2) is 31.2 Å². The molecule has 0 aliphatic heterocycles. The molecule has 0 aliphatic rings. The van der Waals surface area contributed by atoms with Gasteiger partial charge in [-0.2, -0.15) is 9.57 Å². The Labute approximate surface area is 111 Å². The summed E-state index contributed by atoms with van der Waals surface area (Å²) < 4.78 is 25.1. The Bertz CT molecular complexity index is 661. The number of aryl methyl sites for hydroxylation is 2. The molecule has 0 saturated heterocycles. The average molecular weight is 283 g/mol. The van der Waals surface area contributed by atoms with Gasteiger partial charge in [0.2, 0.25) is 0 Å². The van der Waals surface area contributed by atoms with Crippen LogP contribution in [-0.2, 0) is 10.0 Å². The zero-order valence-corrected chi connectivity index (χ0v) is 11.6. The minimum absolute atomic E-state index is 0.369. The number of hydrogen-bond donors (Lipinski definition) is 0. The topological polar surface area (TPSA) is 104 Å². The number of sulfonamides is 1. The molecular formula is C11H13N3O4S. The summed E-state index contributed by atoms with van der Waals surface area (Å²) in [5.74, 6) is 0. The van der Waals surface area contributed by atoms with Crippen molar-refractivity contribution in [3.05, 3.63) is 33.4 Å². The van der Waals surface area contributed by atoms with E-state index < -0.39 is 25.5 Å². The first kappa shape index (κ1) is 15.1. The number of nitrogens with zero attached hydrogens (tertiary/aromatic N) is 3. The predicted molar refractivity (Wildman–Crippen MR) is 68.0 cm³/mol. The Morgan fingerprint density at radius 3 is 2.37 bits per heavy atom. The third-order valence-electron chi connectivity index (χ3n) is 2.75. The zero-order valence-electron chi connectivity index (χ0n) is 10.7. The van der Waals surface area contributed by atoms with Crippen LogP contribution in [0.5, 0.6) is 0 Å². The third kappa shape index (κ3) is 2.89. The standard InChI is InChI=1S/C11H13N3O4S/c1-8-6-10(14(15)16)11(7-9(8)2)19(17,18)13(3)5-4-12/h6-7H,5H2,1-3H3. The molecule has 1 aromatic carbocycles. The van der Waals surface area contributed by atoms with Gasteiger partial charge in [0, 0.05) is 13.1 Å². The van der Waals surface area contributed by atoms with Crippen molar-refractivity contribution in [1.82, 2.24) is 4.31 Å². The van der Waals surface area contributed by atoms with E-state index in [1.807, 2.05) is 0 Å². The fraction of sp³-hybridized carbons (Fsp3) is 0.364. The van der Waals surface area contributed by atoms with E-state index in [1.54, 1.807) is 19.9 Å². The highest BCUT2D eigenvalue weighted by Gasteiger charge is 2.30. The molecule has 0 atom stereocenters. The molecule has 0 saturated carbocycles. The Balaban J connectivity index is 3.54. The molecule has 1 rings (SSSR count). The van der Waals surface area contributed by atoms with Crippen LogP contribution in [0.15, 0.2) is 17.0 Å². The van der Waals surface area contributed by atoms with Crippen molar-refractivity contribution in [3.8, 4) is 6.07 Å². The lowest BCUT2D eigenvalue weighted by Crippen LogP contribution is -2.28. The highest BCUT2D eigenvalue weighted by Crippen LogP contribution is 2.29. The van der Waals surface area contributed by atoms with Gasteiger partial charge < -0.3 is 0 Å². The smallest absolute Gasteiger partial charge is 0.258 e. The quantitative estimate of drug-likeness (QED) is 0.471. The maximum absolute atomic E-state index is 12.2. The number of rotatable bonds is 4. The summed E-state index contributed by atoms with van der Waals surface area (Å²) in [7, 11) is -2.84. The van der Waals surface area contributed by atoms with Crippen LogP contribution < -0.4 is 0 Å². The normalized spacial score (nSPS) is 11.3. The van der Waals surface area contributed by atoms with E-state index in [0.29, 0.717) is 11.1 Å². The molecule has 0 heterocycles. The third-order valence-corrected chi connectivity index (χ3v) is 4.59. The summed E-state index contributed by atoms with van der Waals surface area (Å²) in [5, 5.41) is 19.5. The van der Waals surface area contributed by atoms with Crippen molar-refractivity contribution in [2.75, 3.05) is 13.6 Å². The van der Waals surface area contributed by atoms with Crippen molar-refractivity contribution >= 4 is 15.7 Å². The maximum Gasteiger partial charge on any atom is 0.289 e. The van der Waals surface area contributed by atoms with Crippen LogP contribution in [0.2, 0.25) is 0 Å². The molecule has 19 heavy (non-hydrogen) atoms. The van der Waals surface area contributed by atoms with Gasteiger partial charge in [-0.15, -0.1) is 0 Å². The predicted octanol–water partition coefficient (Wildman–Crippen LogP) is 1.36. The number of nitro benzene ring substituents is 1. The number of hydrogen-bond acceptors (Lipinski definition) is 5. The second kappa shape index (κ2) is 5.34. The molecular weight excluding hydrogens is 270 g/mol. The summed E-state index contributed by atoms with van der Waals surface area (Å²) in [6.45, 7) is 2.96. The molecule has 0 radical (unpaired) electrons. The van der Waals surface area contributed by atoms with E-state index >= 15 is 0 Å². The van der Waals surface area contributed by atoms with Crippen molar-refractivity contribution in [3.63, 3.8) is 0 Å². The van der Waals surface area contributed by atoms with Crippen molar-refractivity contribution in [2.45, 2.75) is 18.7 Å². The summed E-state index contributed by atoms with van der Waals surface area (Å²) >= 11 is 0. The van der Waals surface area contributed by atoms with E-state index in [9.17, 15) is 18.5 Å². The Hall–Kier alpha value is -1.98. The lowest BCUT2D eigenvalue weighted by Gasteiger charge is -2.14. The van der Waals surface area contributed by atoms with E-state index in [-0.39, 0.29) is 6.54 Å². The molecule has 0 aromatic heterocycles. The van der Waals surface area contributed by atoms with Crippen molar-refractivity contribution in [2.24, 2.45) is 0 Å². The SMILES string of the molecule is Cc1cc([N+](=O)[O-])c(S(=O)(=O)N(C)CC#N)cc1C. The Morgan fingerprint density at radius 1 is 1.37 bits per heavy atom. The minimum atomic E-state index is -4.05. The molecule has 7 nitrogen and oxygen atoms in total. The van der Waals surface area contributed by atoms with E-state index in [4.69, 9.17) is 5.26 Å². The first-order chi connectivity index (χ1) is 8.71. The molecule has 0 aliphatic carbocycles. The summed E-state index contributed by atoms with van der Waals surface area (Å²) in [4.78, 5) is 9.84. The van der Waals surface area contributed by atoms with Gasteiger partial charge in [0.1, 0.15) is 6.54 Å². The highest BCUT2D eigenvalue weighted by molar-refractivity contribution is 7.89. The molecule has 0 N–H and O–H groups in total. The summed E-state index contributed by atoms with van der Waals surface area (Å²) in [6.07, 6.45) is 0. The van der Waals surface area contributed by atoms with Crippen molar-refractivity contribution in [1.29, 1.82) is 5.26 Å². The number of nitriles is 1. The maximum atomic E-state index is 12.2. The molecule has 1 aromatic rings. The van der Waals surface area contributed by atoms with E-state index in [2.05, 4.69) is 0 Å². The monoisotopic (exact) mass is 283 g/mol. The summed E-state index contributed by atoms with van der Waals surface area (Å²) in [5.41, 5.74) is 0.788. The van der Waals surface area contributed by atoms with Crippen molar-refractivity contribution < 1.29 is 13.3 Å². The molecule has 0 amide bonds. The second-order valence-electron chi connectivity index (χ2n) is 4.08. The summed E-state index contributed by atoms with van der Waals surface area (Å²) in [6, 6.07) is 4.18. The van der Waals surface area contributed by atoms with Gasteiger partial charge in [0.05, 0.1) is 11.0 Å². The van der Waals surface area contributed by atoms with Crippen LogP contribution in [0.4, 0.5) is 5.69 Å². The lowest BCUT2D eigenvalue weighted by atomic mass is 10.1. The minimum Gasteiger partial charge on any atom is -0.258 e. The molecule has 0 bridgehead atoms. The first-order valence-electron chi connectivity index (χ1n) is 5.30. The van der Waals surface area contributed by atoms with E-state index in [0.717, 1.165) is 4.31 Å². The number of nitro groups is 1. The van der Waals surface area contributed by atoms with Gasteiger partial charge in [0.15, 0.2) is 4.90 Å². The van der Waals surface area contributed by atoms with Crippen LogP contribution in [0.1, 0.15) is 11.1 Å². The Morgan fingerprint density at radius 2 is 1.89 bits per heavy atom. The molecule has 0 spiro atoms. The van der Waals surface area contributed by atoms with Gasteiger partial charge >= 0.3 is 0 Å². The number of benzene rings is 1. The van der Waals surface area contributed by atoms with Gasteiger partial charge in [-0.25, -0.2) is 8.42 Å². The van der Waals surface area contributed by atoms with E-state index in [1.165, 1.54) is 19.2 Å².